The third kappa shape index (κ3) is 2.15. The number of halogens is 1. The fourth-order valence-electron chi connectivity index (χ4n) is 2.43. The number of anilines is 1. The molecule has 0 saturated carbocycles. The van der Waals surface area contributed by atoms with Crippen LogP contribution >= 0.6 is 11.6 Å². The van der Waals surface area contributed by atoms with Gasteiger partial charge in [-0.15, -0.1) is 11.6 Å². The molecule has 1 aliphatic rings. The summed E-state index contributed by atoms with van der Waals surface area (Å²) in [5.74, 6) is 0.899. The quantitative estimate of drug-likeness (QED) is 0.786. The van der Waals surface area contributed by atoms with Crippen molar-refractivity contribution in [2.24, 2.45) is 0 Å². The summed E-state index contributed by atoms with van der Waals surface area (Å²) < 4.78 is 5.34. The Kier molecular flexibility index (Phi) is 3.07. The third-order valence-corrected chi connectivity index (χ3v) is 4.00. The number of hydrogen-bond acceptors (Lipinski definition) is 2. The summed E-state index contributed by atoms with van der Waals surface area (Å²) in [4.78, 5) is 13.4. The molecule has 0 radical (unpaired) electrons. The third-order valence-electron chi connectivity index (χ3n) is 3.53. The second kappa shape index (κ2) is 4.74. The largest absolute Gasteiger partial charge is 0.467 e. The van der Waals surface area contributed by atoms with E-state index in [2.05, 4.69) is 6.07 Å². The lowest BCUT2D eigenvalue weighted by atomic mass is 9.97. The van der Waals surface area contributed by atoms with E-state index in [4.69, 9.17) is 16.0 Å². The second-order valence-electron chi connectivity index (χ2n) is 4.72. The SMILES string of the molecule is CN1C(=O)CCc2cc(C(Cl)c3ccco3)ccc21. The van der Waals surface area contributed by atoms with Crippen molar-refractivity contribution >= 4 is 23.2 Å². The number of alkyl halides is 1. The van der Waals surface area contributed by atoms with Crippen molar-refractivity contribution in [1.82, 2.24) is 0 Å². The standard InChI is InChI=1S/C15H14ClNO2/c1-17-12-6-4-11(9-10(12)5-7-14(17)18)15(16)13-3-2-8-19-13/h2-4,6,8-9,15H,5,7H2,1H3. The molecule has 1 aromatic heterocycles. The van der Waals surface area contributed by atoms with Crippen molar-refractivity contribution in [1.29, 1.82) is 0 Å². The van der Waals surface area contributed by atoms with Crippen molar-refractivity contribution < 1.29 is 9.21 Å². The number of rotatable bonds is 2. The molecule has 0 spiro atoms. The van der Waals surface area contributed by atoms with Crippen molar-refractivity contribution in [2.45, 2.75) is 18.2 Å². The van der Waals surface area contributed by atoms with Crippen LogP contribution in [0.25, 0.3) is 0 Å². The zero-order valence-electron chi connectivity index (χ0n) is 10.6. The Bertz CT molecular complexity index is 607. The topological polar surface area (TPSA) is 33.5 Å². The van der Waals surface area contributed by atoms with E-state index < -0.39 is 0 Å². The lowest BCUT2D eigenvalue weighted by Gasteiger charge is -2.26. The molecule has 2 heterocycles. The van der Waals surface area contributed by atoms with Gasteiger partial charge in [-0.3, -0.25) is 4.79 Å². The number of carbonyl (C=O) groups excluding carboxylic acids is 1. The Balaban J connectivity index is 1.96. The van der Waals surface area contributed by atoms with E-state index in [0.29, 0.717) is 6.42 Å². The zero-order valence-corrected chi connectivity index (χ0v) is 11.4. The second-order valence-corrected chi connectivity index (χ2v) is 5.16. The van der Waals surface area contributed by atoms with Gasteiger partial charge in [0, 0.05) is 19.2 Å². The summed E-state index contributed by atoms with van der Waals surface area (Å²) in [6.07, 6.45) is 2.95. The molecule has 1 aromatic carbocycles. The highest BCUT2D eigenvalue weighted by Crippen LogP contribution is 2.34. The van der Waals surface area contributed by atoms with Crippen LogP contribution in [-0.4, -0.2) is 13.0 Å². The van der Waals surface area contributed by atoms with E-state index in [9.17, 15) is 4.79 Å². The first-order chi connectivity index (χ1) is 9.16. The maximum atomic E-state index is 11.6. The van der Waals surface area contributed by atoms with Gasteiger partial charge in [0.2, 0.25) is 5.91 Å². The van der Waals surface area contributed by atoms with Crippen molar-refractivity contribution in [3.05, 3.63) is 53.5 Å². The first kappa shape index (κ1) is 12.3. The Hall–Kier alpha value is -1.74. The lowest BCUT2D eigenvalue weighted by molar-refractivity contribution is -0.118. The van der Waals surface area contributed by atoms with Crippen molar-refractivity contribution in [3.8, 4) is 0 Å². The molecule has 1 aliphatic heterocycles. The minimum atomic E-state index is -0.289. The molecular formula is C15H14ClNO2. The van der Waals surface area contributed by atoms with E-state index in [1.54, 1.807) is 11.2 Å². The molecule has 1 amide bonds. The van der Waals surface area contributed by atoms with E-state index in [-0.39, 0.29) is 11.3 Å². The molecule has 0 aliphatic carbocycles. The fraction of sp³-hybridized carbons (Fsp3) is 0.267. The van der Waals surface area contributed by atoms with Crippen LogP contribution in [0, 0.1) is 0 Å². The van der Waals surface area contributed by atoms with Gasteiger partial charge in [0.05, 0.1) is 6.26 Å². The van der Waals surface area contributed by atoms with Crippen molar-refractivity contribution in [3.63, 3.8) is 0 Å². The molecule has 3 nitrogen and oxygen atoms in total. The van der Waals surface area contributed by atoms with E-state index in [0.717, 1.165) is 29.0 Å². The lowest BCUT2D eigenvalue weighted by Crippen LogP contribution is -2.31. The van der Waals surface area contributed by atoms with Crippen LogP contribution in [0.2, 0.25) is 0 Å². The molecule has 1 atom stereocenters. The number of nitrogens with zero attached hydrogens (tertiary/aromatic N) is 1. The summed E-state index contributed by atoms with van der Waals surface area (Å²) in [5, 5.41) is -0.289. The fourth-order valence-corrected chi connectivity index (χ4v) is 2.69. The van der Waals surface area contributed by atoms with Crippen LogP contribution in [0.5, 0.6) is 0 Å². The van der Waals surface area contributed by atoms with Crippen LogP contribution in [0.3, 0.4) is 0 Å². The molecule has 1 unspecified atom stereocenters. The summed E-state index contributed by atoms with van der Waals surface area (Å²) in [5.41, 5.74) is 3.14. The van der Waals surface area contributed by atoms with Gasteiger partial charge in [-0.25, -0.2) is 0 Å². The van der Waals surface area contributed by atoms with Gasteiger partial charge in [0.15, 0.2) is 0 Å². The number of furan rings is 1. The molecule has 19 heavy (non-hydrogen) atoms. The summed E-state index contributed by atoms with van der Waals surface area (Å²) in [7, 11) is 1.81. The van der Waals surface area contributed by atoms with Gasteiger partial charge in [0.25, 0.3) is 0 Å². The minimum Gasteiger partial charge on any atom is -0.467 e. The molecule has 98 valence electrons. The van der Waals surface area contributed by atoms with E-state index in [1.165, 1.54) is 0 Å². The number of amides is 1. The molecule has 0 saturated heterocycles. The van der Waals surface area contributed by atoms with Gasteiger partial charge >= 0.3 is 0 Å². The predicted molar refractivity (Wildman–Crippen MR) is 74.6 cm³/mol. The monoisotopic (exact) mass is 275 g/mol. The summed E-state index contributed by atoms with van der Waals surface area (Å²) in [6, 6.07) is 9.68. The maximum absolute atomic E-state index is 11.6. The molecule has 4 heteroatoms. The Labute approximate surface area is 116 Å². The molecular weight excluding hydrogens is 262 g/mol. The summed E-state index contributed by atoms with van der Waals surface area (Å²) >= 11 is 6.41. The average Bonchev–Trinajstić information content (AvgIpc) is 2.96. The molecule has 0 bridgehead atoms. The Morgan fingerprint density at radius 3 is 2.89 bits per heavy atom. The number of hydrogen-bond donors (Lipinski definition) is 0. The predicted octanol–water partition coefficient (Wildman–Crippen LogP) is 3.52. The van der Waals surface area contributed by atoms with Gasteiger partial charge < -0.3 is 9.32 Å². The summed E-state index contributed by atoms with van der Waals surface area (Å²) in [6.45, 7) is 0. The highest BCUT2D eigenvalue weighted by atomic mass is 35.5. The zero-order chi connectivity index (χ0) is 13.4. The Morgan fingerprint density at radius 1 is 1.32 bits per heavy atom. The highest BCUT2D eigenvalue weighted by molar-refractivity contribution is 6.22. The number of benzene rings is 1. The molecule has 3 rings (SSSR count). The van der Waals surface area contributed by atoms with Crippen LogP contribution in [0.1, 0.15) is 28.7 Å². The van der Waals surface area contributed by atoms with E-state index in [1.807, 2.05) is 31.3 Å². The van der Waals surface area contributed by atoms with Crippen LogP contribution in [0.15, 0.2) is 41.0 Å². The first-order valence-electron chi connectivity index (χ1n) is 6.23. The smallest absolute Gasteiger partial charge is 0.227 e. The van der Waals surface area contributed by atoms with Gasteiger partial charge in [0.1, 0.15) is 11.1 Å². The minimum absolute atomic E-state index is 0.161. The van der Waals surface area contributed by atoms with Gasteiger partial charge in [-0.05, 0) is 35.7 Å². The number of aryl methyl sites for hydroxylation is 1. The molecule has 0 fully saturated rings. The van der Waals surface area contributed by atoms with Crippen LogP contribution in [0.4, 0.5) is 5.69 Å². The maximum Gasteiger partial charge on any atom is 0.227 e. The average molecular weight is 276 g/mol. The van der Waals surface area contributed by atoms with Crippen molar-refractivity contribution in [2.75, 3.05) is 11.9 Å². The van der Waals surface area contributed by atoms with E-state index >= 15 is 0 Å². The normalized spacial score (nSPS) is 16.3. The van der Waals surface area contributed by atoms with Gasteiger partial charge in [-0.1, -0.05) is 12.1 Å². The molecule has 0 N–H and O–H groups in total. The van der Waals surface area contributed by atoms with Crippen LogP contribution in [-0.2, 0) is 11.2 Å². The highest BCUT2D eigenvalue weighted by Gasteiger charge is 2.22. The Morgan fingerprint density at radius 2 is 2.16 bits per heavy atom. The number of fused-ring (bicyclic) bond motifs is 1. The van der Waals surface area contributed by atoms with Gasteiger partial charge in [-0.2, -0.15) is 0 Å². The van der Waals surface area contributed by atoms with Crippen LogP contribution < -0.4 is 4.90 Å². The number of carbonyl (C=O) groups is 1. The first-order valence-corrected chi connectivity index (χ1v) is 6.67. The molecule has 2 aromatic rings.